The molecule has 1 aliphatic rings. The Kier molecular flexibility index (Phi) is 5.21. The van der Waals surface area contributed by atoms with Crippen LogP contribution >= 0.6 is 11.8 Å². The molecule has 144 valence electrons. The number of nitrogens with zero attached hydrogens (tertiary/aromatic N) is 2. The summed E-state index contributed by atoms with van der Waals surface area (Å²) in [6.45, 7) is 5.07. The van der Waals surface area contributed by atoms with Gasteiger partial charge in [-0.2, -0.15) is 0 Å². The van der Waals surface area contributed by atoms with Crippen LogP contribution in [0.25, 0.3) is 11.5 Å². The maximum atomic E-state index is 12.2. The van der Waals surface area contributed by atoms with E-state index in [1.165, 1.54) is 11.8 Å². The van der Waals surface area contributed by atoms with E-state index in [-0.39, 0.29) is 11.7 Å². The summed E-state index contributed by atoms with van der Waals surface area (Å²) in [4.78, 5) is 12.2. The number of hydrogen-bond acceptors (Lipinski definition) is 7. The van der Waals surface area contributed by atoms with Gasteiger partial charge in [-0.3, -0.25) is 4.79 Å². The van der Waals surface area contributed by atoms with E-state index in [0.29, 0.717) is 41.5 Å². The van der Waals surface area contributed by atoms with Crippen molar-refractivity contribution in [2.45, 2.75) is 19.1 Å². The van der Waals surface area contributed by atoms with Gasteiger partial charge in [-0.25, -0.2) is 0 Å². The van der Waals surface area contributed by atoms with E-state index in [4.69, 9.17) is 13.9 Å². The van der Waals surface area contributed by atoms with E-state index in [0.717, 1.165) is 16.7 Å². The molecule has 8 heteroatoms. The number of benzene rings is 2. The number of anilines is 1. The van der Waals surface area contributed by atoms with Gasteiger partial charge in [0.05, 0.1) is 5.75 Å². The van der Waals surface area contributed by atoms with Crippen molar-refractivity contribution in [1.82, 2.24) is 10.2 Å². The lowest BCUT2D eigenvalue weighted by molar-refractivity contribution is -0.113. The van der Waals surface area contributed by atoms with Gasteiger partial charge >= 0.3 is 0 Å². The summed E-state index contributed by atoms with van der Waals surface area (Å²) >= 11 is 1.19. The number of aryl methyl sites for hydroxylation is 2. The lowest BCUT2D eigenvalue weighted by Gasteiger charge is -2.18. The number of hydrogen-bond donors (Lipinski definition) is 1. The third-order valence-corrected chi connectivity index (χ3v) is 4.85. The fraction of sp³-hybridized carbons (Fsp3) is 0.250. The molecule has 1 amide bonds. The molecule has 0 aliphatic carbocycles. The molecule has 0 fully saturated rings. The molecule has 0 unspecified atom stereocenters. The highest BCUT2D eigenvalue weighted by Gasteiger charge is 2.14. The second-order valence-electron chi connectivity index (χ2n) is 6.44. The molecule has 3 aromatic rings. The third-order valence-electron chi connectivity index (χ3n) is 4.03. The van der Waals surface area contributed by atoms with Crippen LogP contribution in [-0.4, -0.2) is 35.1 Å². The molecular formula is C20H19N3O4S. The minimum absolute atomic E-state index is 0.156. The van der Waals surface area contributed by atoms with Gasteiger partial charge in [0, 0.05) is 17.3 Å². The Morgan fingerprint density at radius 2 is 1.79 bits per heavy atom. The number of rotatable bonds is 5. The van der Waals surface area contributed by atoms with Crippen LogP contribution in [0, 0.1) is 13.8 Å². The van der Waals surface area contributed by atoms with E-state index in [1.54, 1.807) is 18.2 Å². The van der Waals surface area contributed by atoms with Crippen LogP contribution < -0.4 is 14.8 Å². The van der Waals surface area contributed by atoms with Crippen molar-refractivity contribution in [2.24, 2.45) is 0 Å². The second kappa shape index (κ2) is 7.93. The highest BCUT2D eigenvalue weighted by Crippen LogP contribution is 2.32. The van der Waals surface area contributed by atoms with Crippen molar-refractivity contribution in [3.8, 4) is 23.0 Å². The summed E-state index contributed by atoms with van der Waals surface area (Å²) in [5.74, 6) is 1.74. The molecule has 0 saturated heterocycles. The first kappa shape index (κ1) is 18.4. The Morgan fingerprint density at radius 3 is 2.57 bits per heavy atom. The standard InChI is InChI=1S/C20H19N3O4S/c1-12-7-13(2)9-14(8-12)19-22-23-20(27-19)28-11-18(24)21-15-3-4-16-17(10-15)26-6-5-25-16/h3-4,7-10H,5-6,11H2,1-2H3,(H,21,24). The first-order chi connectivity index (χ1) is 13.6. The van der Waals surface area contributed by atoms with Gasteiger partial charge < -0.3 is 19.2 Å². The number of thioether (sulfide) groups is 1. The minimum atomic E-state index is -0.173. The average molecular weight is 397 g/mol. The second-order valence-corrected chi connectivity index (χ2v) is 7.37. The van der Waals surface area contributed by atoms with Crippen molar-refractivity contribution in [1.29, 1.82) is 0 Å². The molecule has 4 rings (SSSR count). The van der Waals surface area contributed by atoms with Crippen LogP contribution in [-0.2, 0) is 4.79 Å². The summed E-state index contributed by atoms with van der Waals surface area (Å²) in [7, 11) is 0. The van der Waals surface area contributed by atoms with Crippen molar-refractivity contribution >= 4 is 23.4 Å². The number of amides is 1. The van der Waals surface area contributed by atoms with Gasteiger partial charge in [0.25, 0.3) is 5.22 Å². The van der Waals surface area contributed by atoms with E-state index >= 15 is 0 Å². The molecule has 0 bridgehead atoms. The quantitative estimate of drug-likeness (QED) is 0.654. The van der Waals surface area contributed by atoms with Gasteiger partial charge in [0.2, 0.25) is 11.8 Å². The number of carbonyl (C=O) groups is 1. The third kappa shape index (κ3) is 4.28. The summed E-state index contributed by atoms with van der Waals surface area (Å²) in [5.41, 5.74) is 3.77. The molecule has 1 aliphatic heterocycles. The fourth-order valence-corrected chi connectivity index (χ4v) is 3.49. The van der Waals surface area contributed by atoms with E-state index < -0.39 is 0 Å². The molecule has 28 heavy (non-hydrogen) atoms. The maximum absolute atomic E-state index is 12.2. The lowest BCUT2D eigenvalue weighted by atomic mass is 10.1. The lowest BCUT2D eigenvalue weighted by Crippen LogP contribution is -2.17. The highest BCUT2D eigenvalue weighted by atomic mass is 32.2. The smallest absolute Gasteiger partial charge is 0.277 e. The molecule has 1 aromatic heterocycles. The number of aromatic nitrogens is 2. The predicted molar refractivity (Wildman–Crippen MR) is 106 cm³/mol. The van der Waals surface area contributed by atoms with Gasteiger partial charge in [-0.05, 0) is 38.1 Å². The summed E-state index contributed by atoms with van der Waals surface area (Å²) in [6.07, 6.45) is 0. The first-order valence-electron chi connectivity index (χ1n) is 8.81. The topological polar surface area (TPSA) is 86.5 Å². The van der Waals surface area contributed by atoms with E-state index in [2.05, 4.69) is 21.6 Å². The van der Waals surface area contributed by atoms with Gasteiger partial charge in [0.1, 0.15) is 13.2 Å². The number of ether oxygens (including phenoxy) is 2. The van der Waals surface area contributed by atoms with Crippen molar-refractivity contribution in [2.75, 3.05) is 24.3 Å². The van der Waals surface area contributed by atoms with Crippen LogP contribution in [0.3, 0.4) is 0 Å². The summed E-state index contributed by atoms with van der Waals surface area (Å²) in [6, 6.07) is 11.4. The first-order valence-corrected chi connectivity index (χ1v) is 9.80. The Hall–Kier alpha value is -3.00. The Balaban J connectivity index is 1.36. The molecule has 2 aromatic carbocycles. The monoisotopic (exact) mass is 397 g/mol. The van der Waals surface area contributed by atoms with Crippen LogP contribution in [0.2, 0.25) is 0 Å². The molecule has 1 N–H and O–H groups in total. The maximum Gasteiger partial charge on any atom is 0.277 e. The fourth-order valence-electron chi connectivity index (χ4n) is 2.93. The molecule has 0 radical (unpaired) electrons. The molecule has 7 nitrogen and oxygen atoms in total. The molecule has 0 atom stereocenters. The molecule has 0 spiro atoms. The van der Waals surface area contributed by atoms with E-state index in [9.17, 15) is 4.79 Å². The molecule has 0 saturated carbocycles. The largest absolute Gasteiger partial charge is 0.486 e. The Morgan fingerprint density at radius 1 is 1.04 bits per heavy atom. The van der Waals surface area contributed by atoms with Crippen molar-refractivity contribution in [3.63, 3.8) is 0 Å². The van der Waals surface area contributed by atoms with Crippen LogP contribution in [0.1, 0.15) is 11.1 Å². The van der Waals surface area contributed by atoms with Gasteiger partial charge in [0.15, 0.2) is 11.5 Å². The zero-order valence-corrected chi connectivity index (χ0v) is 16.3. The van der Waals surface area contributed by atoms with Crippen LogP contribution in [0.15, 0.2) is 46.0 Å². The van der Waals surface area contributed by atoms with Crippen molar-refractivity contribution < 1.29 is 18.7 Å². The predicted octanol–water partition coefficient (Wildman–Crippen LogP) is 3.86. The average Bonchev–Trinajstić information content (AvgIpc) is 3.15. The van der Waals surface area contributed by atoms with Gasteiger partial charge in [-0.15, -0.1) is 10.2 Å². The molecular weight excluding hydrogens is 378 g/mol. The van der Waals surface area contributed by atoms with Crippen LogP contribution in [0.4, 0.5) is 5.69 Å². The zero-order valence-electron chi connectivity index (χ0n) is 15.5. The Labute approximate surface area is 166 Å². The van der Waals surface area contributed by atoms with E-state index in [1.807, 2.05) is 26.0 Å². The van der Waals surface area contributed by atoms with Gasteiger partial charge in [-0.1, -0.05) is 29.0 Å². The van der Waals surface area contributed by atoms with Crippen molar-refractivity contribution in [3.05, 3.63) is 47.5 Å². The summed E-state index contributed by atoms with van der Waals surface area (Å²) < 4.78 is 16.7. The Bertz CT molecular complexity index is 998. The SMILES string of the molecule is Cc1cc(C)cc(-c2nnc(SCC(=O)Nc3ccc4c(c3)OCCO4)o2)c1. The summed E-state index contributed by atoms with van der Waals surface area (Å²) in [5, 5.41) is 11.3. The highest BCUT2D eigenvalue weighted by molar-refractivity contribution is 7.99. The van der Waals surface area contributed by atoms with Crippen LogP contribution in [0.5, 0.6) is 11.5 Å². The zero-order chi connectivity index (χ0) is 19.5. The normalized spacial score (nSPS) is 12.6. The molecule has 2 heterocycles. The number of fused-ring (bicyclic) bond motifs is 1. The minimum Gasteiger partial charge on any atom is -0.486 e. The number of nitrogens with one attached hydrogen (secondary N) is 1. The number of carbonyl (C=O) groups excluding carboxylic acids is 1.